The zero-order chi connectivity index (χ0) is 13.7. The third-order valence-corrected chi connectivity index (χ3v) is 2.67. The van der Waals surface area contributed by atoms with Crippen LogP contribution < -0.4 is 5.32 Å². The number of nitrogens with one attached hydrogen (secondary N) is 1. The molecule has 0 heterocycles. The third-order valence-electron chi connectivity index (χ3n) is 2.67. The highest BCUT2D eigenvalue weighted by Crippen LogP contribution is 2.25. The molecule has 1 N–H and O–H groups in total. The van der Waals surface area contributed by atoms with Crippen LogP contribution in [0.2, 0.25) is 0 Å². The molecule has 0 spiro atoms. The van der Waals surface area contributed by atoms with Crippen LogP contribution in [0.5, 0.6) is 0 Å². The number of carbonyl (C=O) groups is 1. The van der Waals surface area contributed by atoms with Crippen molar-refractivity contribution in [1.29, 1.82) is 0 Å². The number of unbranched alkanes of at least 4 members (excludes halogenated alkanes) is 1. The average molecular weight is 239 g/mol. The van der Waals surface area contributed by atoms with Gasteiger partial charge in [0.1, 0.15) is 0 Å². The van der Waals surface area contributed by atoms with Crippen LogP contribution in [0.3, 0.4) is 0 Å². The summed E-state index contributed by atoms with van der Waals surface area (Å²) in [4.78, 5) is 12.0. The minimum absolute atomic E-state index is 0.00531. The number of ketones is 1. The summed E-state index contributed by atoms with van der Waals surface area (Å²) in [5.41, 5.74) is 0.739. The summed E-state index contributed by atoms with van der Waals surface area (Å²) in [7, 11) is 0. The number of hydrogen-bond donors (Lipinski definition) is 1. The summed E-state index contributed by atoms with van der Waals surface area (Å²) in [6.45, 7) is 15.4. The van der Waals surface area contributed by atoms with Crippen molar-refractivity contribution in [3.63, 3.8) is 0 Å². The fourth-order valence-corrected chi connectivity index (χ4v) is 1.28. The standard InChI is InChI=1S/C15H29NO/c1-8-9-10-16-12(14(2,3)4)11-13(17)15(5,6)7/h11,16H,8-10H2,1-7H3/b12-11-. The highest BCUT2D eigenvalue weighted by molar-refractivity contribution is 5.94. The van der Waals surface area contributed by atoms with Crippen LogP contribution in [0.15, 0.2) is 11.8 Å². The van der Waals surface area contributed by atoms with E-state index >= 15 is 0 Å². The van der Waals surface area contributed by atoms with E-state index in [1.807, 2.05) is 20.8 Å². The van der Waals surface area contributed by atoms with E-state index < -0.39 is 0 Å². The van der Waals surface area contributed by atoms with Gasteiger partial charge in [-0.05, 0) is 6.42 Å². The van der Waals surface area contributed by atoms with E-state index in [1.54, 1.807) is 6.08 Å². The lowest BCUT2D eigenvalue weighted by Gasteiger charge is -2.26. The molecule has 0 aromatic carbocycles. The Hall–Kier alpha value is -0.790. The largest absolute Gasteiger partial charge is 0.388 e. The van der Waals surface area contributed by atoms with Gasteiger partial charge in [0.2, 0.25) is 0 Å². The summed E-state index contributed by atoms with van der Waals surface area (Å²) < 4.78 is 0. The van der Waals surface area contributed by atoms with E-state index in [2.05, 4.69) is 33.0 Å². The van der Waals surface area contributed by atoms with Gasteiger partial charge >= 0.3 is 0 Å². The second-order valence-electron chi connectivity index (χ2n) is 6.70. The van der Waals surface area contributed by atoms with Gasteiger partial charge in [-0.15, -0.1) is 0 Å². The van der Waals surface area contributed by atoms with Gasteiger partial charge in [0.15, 0.2) is 5.78 Å². The van der Waals surface area contributed by atoms with Crippen molar-refractivity contribution in [3.05, 3.63) is 11.8 Å². The monoisotopic (exact) mass is 239 g/mol. The SMILES string of the molecule is CCCCN/C(=C\C(=O)C(C)(C)C)C(C)(C)C. The second kappa shape index (κ2) is 6.23. The van der Waals surface area contributed by atoms with Crippen LogP contribution in [-0.4, -0.2) is 12.3 Å². The summed E-state index contributed by atoms with van der Waals surface area (Å²) >= 11 is 0. The van der Waals surface area contributed by atoms with Crippen molar-refractivity contribution in [2.24, 2.45) is 10.8 Å². The van der Waals surface area contributed by atoms with Gasteiger partial charge in [-0.2, -0.15) is 0 Å². The Bertz CT molecular complexity index is 276. The summed E-state index contributed by atoms with van der Waals surface area (Å²) in [5, 5.41) is 3.40. The van der Waals surface area contributed by atoms with Gasteiger partial charge in [-0.25, -0.2) is 0 Å². The normalized spacial score (nSPS) is 13.7. The van der Waals surface area contributed by atoms with Crippen molar-refractivity contribution in [2.45, 2.75) is 61.3 Å². The smallest absolute Gasteiger partial charge is 0.162 e. The molecule has 2 heteroatoms. The molecule has 0 aliphatic rings. The van der Waals surface area contributed by atoms with Gasteiger partial charge in [0, 0.05) is 29.1 Å². The maximum atomic E-state index is 12.0. The summed E-state index contributed by atoms with van der Waals surface area (Å²) in [5.74, 6) is 0.187. The van der Waals surface area contributed by atoms with Gasteiger partial charge < -0.3 is 5.32 Å². The van der Waals surface area contributed by atoms with Crippen molar-refractivity contribution in [1.82, 2.24) is 5.32 Å². The van der Waals surface area contributed by atoms with Gasteiger partial charge in [-0.1, -0.05) is 54.9 Å². The zero-order valence-corrected chi connectivity index (χ0v) is 12.6. The molecule has 0 aromatic heterocycles. The average Bonchev–Trinajstić information content (AvgIpc) is 2.13. The van der Waals surface area contributed by atoms with E-state index in [-0.39, 0.29) is 16.6 Å². The number of allylic oxidation sites excluding steroid dienone is 2. The van der Waals surface area contributed by atoms with Crippen LogP contribution in [0, 0.1) is 10.8 Å². The van der Waals surface area contributed by atoms with Crippen LogP contribution in [0.4, 0.5) is 0 Å². The topological polar surface area (TPSA) is 29.1 Å². The molecule has 0 unspecified atom stereocenters. The lowest BCUT2D eigenvalue weighted by Crippen LogP contribution is -2.28. The molecule has 0 bridgehead atoms. The molecule has 0 aromatic rings. The van der Waals surface area contributed by atoms with Crippen molar-refractivity contribution < 1.29 is 4.79 Å². The maximum Gasteiger partial charge on any atom is 0.162 e. The first-order valence-corrected chi connectivity index (χ1v) is 6.59. The molecular formula is C15H29NO. The first kappa shape index (κ1) is 16.2. The van der Waals surface area contributed by atoms with Crippen molar-refractivity contribution >= 4 is 5.78 Å². The van der Waals surface area contributed by atoms with Crippen molar-refractivity contribution in [3.8, 4) is 0 Å². The summed E-state index contributed by atoms with van der Waals surface area (Å²) in [6.07, 6.45) is 4.09. The number of hydrogen-bond acceptors (Lipinski definition) is 2. The maximum absolute atomic E-state index is 12.0. The third kappa shape index (κ3) is 6.50. The molecule has 0 radical (unpaired) electrons. The molecule has 0 amide bonds. The van der Waals surface area contributed by atoms with Gasteiger partial charge in [0.05, 0.1) is 0 Å². The Balaban J connectivity index is 4.81. The molecule has 17 heavy (non-hydrogen) atoms. The van der Waals surface area contributed by atoms with Crippen LogP contribution in [0.1, 0.15) is 61.3 Å². The highest BCUT2D eigenvalue weighted by Gasteiger charge is 2.23. The zero-order valence-electron chi connectivity index (χ0n) is 12.6. The Morgan fingerprint density at radius 2 is 1.59 bits per heavy atom. The van der Waals surface area contributed by atoms with Gasteiger partial charge in [0.25, 0.3) is 0 Å². The van der Waals surface area contributed by atoms with Crippen molar-refractivity contribution in [2.75, 3.05) is 6.54 Å². The molecule has 0 fully saturated rings. The Morgan fingerprint density at radius 1 is 1.06 bits per heavy atom. The lowest BCUT2D eigenvalue weighted by atomic mass is 9.85. The van der Waals surface area contributed by atoms with E-state index in [4.69, 9.17) is 0 Å². The second-order valence-corrected chi connectivity index (χ2v) is 6.70. The van der Waals surface area contributed by atoms with Crippen LogP contribution in [-0.2, 0) is 4.79 Å². The molecule has 2 nitrogen and oxygen atoms in total. The number of rotatable bonds is 5. The highest BCUT2D eigenvalue weighted by atomic mass is 16.1. The Labute approximate surface area is 107 Å². The molecule has 0 aliphatic heterocycles. The quantitative estimate of drug-likeness (QED) is 0.582. The minimum Gasteiger partial charge on any atom is -0.388 e. The minimum atomic E-state index is -0.303. The van der Waals surface area contributed by atoms with E-state index in [0.29, 0.717) is 0 Å². The van der Waals surface area contributed by atoms with E-state index in [0.717, 1.165) is 25.1 Å². The molecule has 100 valence electrons. The van der Waals surface area contributed by atoms with Crippen LogP contribution in [0.25, 0.3) is 0 Å². The number of carbonyl (C=O) groups excluding carboxylic acids is 1. The van der Waals surface area contributed by atoms with Crippen LogP contribution >= 0.6 is 0 Å². The lowest BCUT2D eigenvalue weighted by molar-refractivity contribution is -0.121. The predicted molar refractivity (Wildman–Crippen MR) is 74.9 cm³/mol. The molecule has 0 saturated carbocycles. The predicted octanol–water partition coefficient (Wildman–Crippen LogP) is 3.92. The Kier molecular flexibility index (Phi) is 5.94. The van der Waals surface area contributed by atoms with Gasteiger partial charge in [-0.3, -0.25) is 4.79 Å². The molecule has 0 saturated heterocycles. The molecule has 0 aliphatic carbocycles. The first-order valence-electron chi connectivity index (χ1n) is 6.59. The van der Waals surface area contributed by atoms with E-state index in [1.165, 1.54) is 0 Å². The van der Waals surface area contributed by atoms with E-state index in [9.17, 15) is 4.79 Å². The Morgan fingerprint density at radius 3 is 1.94 bits per heavy atom. The fourth-order valence-electron chi connectivity index (χ4n) is 1.28. The molecule has 0 rings (SSSR count). The molecular weight excluding hydrogens is 210 g/mol. The molecule has 0 atom stereocenters. The first-order chi connectivity index (χ1) is 7.59. The fraction of sp³-hybridized carbons (Fsp3) is 0.800. The summed E-state index contributed by atoms with van der Waals surface area (Å²) in [6, 6.07) is 0.